The number of nitrogens with two attached hydrogens (primary N) is 1. The zero-order valence-corrected chi connectivity index (χ0v) is 12.1. The van der Waals surface area contributed by atoms with E-state index in [-0.39, 0.29) is 24.2 Å². The van der Waals surface area contributed by atoms with E-state index in [4.69, 9.17) is 5.73 Å². The van der Waals surface area contributed by atoms with Gasteiger partial charge in [-0.25, -0.2) is 0 Å². The largest absolute Gasteiger partial charge is 0.325 e. The van der Waals surface area contributed by atoms with Crippen molar-refractivity contribution in [1.82, 2.24) is 0 Å². The summed E-state index contributed by atoms with van der Waals surface area (Å²) in [6.45, 7) is 1.86. The monoisotopic (exact) mass is 301 g/mol. The summed E-state index contributed by atoms with van der Waals surface area (Å²) < 4.78 is 0. The van der Waals surface area contributed by atoms with Crippen LogP contribution in [0.25, 0.3) is 0 Å². The van der Waals surface area contributed by atoms with Crippen LogP contribution < -0.4 is 16.4 Å². The third kappa shape index (κ3) is 3.86. The Bertz CT molecular complexity index is 496. The number of anilines is 2. The van der Waals surface area contributed by atoms with E-state index in [1.807, 2.05) is 19.1 Å². The summed E-state index contributed by atoms with van der Waals surface area (Å²) >= 11 is 1.49. The van der Waals surface area contributed by atoms with Crippen LogP contribution in [-0.4, -0.2) is 23.6 Å². The molecular formula is C12H16ClN3O2S. The highest BCUT2D eigenvalue weighted by Gasteiger charge is 2.17. The molecule has 7 heteroatoms. The Balaban J connectivity index is 0.00000180. The highest BCUT2D eigenvalue weighted by molar-refractivity contribution is 8.00. The smallest absolute Gasteiger partial charge is 0.241 e. The molecule has 0 spiro atoms. The van der Waals surface area contributed by atoms with Crippen LogP contribution >= 0.6 is 24.2 Å². The van der Waals surface area contributed by atoms with Crippen LogP contribution in [0.2, 0.25) is 0 Å². The van der Waals surface area contributed by atoms with Gasteiger partial charge in [0.05, 0.1) is 17.5 Å². The Morgan fingerprint density at radius 3 is 3.00 bits per heavy atom. The number of amides is 2. The predicted octanol–water partition coefficient (Wildman–Crippen LogP) is 1.83. The Labute approximate surface area is 122 Å². The fourth-order valence-corrected chi connectivity index (χ4v) is 2.37. The average Bonchev–Trinajstić information content (AvgIpc) is 2.37. The maximum absolute atomic E-state index is 11.6. The van der Waals surface area contributed by atoms with Gasteiger partial charge in [-0.05, 0) is 24.6 Å². The van der Waals surface area contributed by atoms with Crippen LogP contribution in [0.4, 0.5) is 11.4 Å². The van der Waals surface area contributed by atoms with Gasteiger partial charge in [-0.1, -0.05) is 6.92 Å². The van der Waals surface area contributed by atoms with Crippen LogP contribution in [0.5, 0.6) is 0 Å². The second kappa shape index (κ2) is 6.79. The van der Waals surface area contributed by atoms with Crippen LogP contribution in [0, 0.1) is 0 Å². The fourth-order valence-electron chi connectivity index (χ4n) is 1.58. The quantitative estimate of drug-likeness (QED) is 0.795. The highest BCUT2D eigenvalue weighted by Crippen LogP contribution is 2.33. The van der Waals surface area contributed by atoms with Crippen molar-refractivity contribution < 1.29 is 9.59 Å². The third-order valence-electron chi connectivity index (χ3n) is 2.66. The van der Waals surface area contributed by atoms with E-state index >= 15 is 0 Å². The molecule has 0 radical (unpaired) electrons. The second-order valence-electron chi connectivity index (χ2n) is 4.05. The maximum Gasteiger partial charge on any atom is 0.241 e. The summed E-state index contributed by atoms with van der Waals surface area (Å²) in [6, 6.07) is 4.93. The lowest BCUT2D eigenvalue weighted by Gasteiger charge is -2.17. The highest BCUT2D eigenvalue weighted by atomic mass is 35.5. The minimum atomic E-state index is -0.509. The van der Waals surface area contributed by atoms with Gasteiger partial charge in [-0.2, -0.15) is 0 Å². The molecule has 1 aliphatic rings. The van der Waals surface area contributed by atoms with E-state index in [9.17, 15) is 9.59 Å². The first kappa shape index (κ1) is 15.8. The first-order valence-electron chi connectivity index (χ1n) is 5.73. The second-order valence-corrected chi connectivity index (χ2v) is 5.07. The normalized spacial score (nSPS) is 14.7. The number of benzene rings is 1. The molecule has 5 nitrogen and oxygen atoms in total. The van der Waals surface area contributed by atoms with Crippen LogP contribution in [-0.2, 0) is 9.59 Å². The number of nitrogens with one attached hydrogen (secondary N) is 2. The molecule has 0 aliphatic carbocycles. The number of thioether (sulfide) groups is 1. The van der Waals surface area contributed by atoms with Gasteiger partial charge in [0.2, 0.25) is 11.8 Å². The van der Waals surface area contributed by atoms with Crippen LogP contribution in [0.15, 0.2) is 23.1 Å². The number of carbonyl (C=O) groups is 2. The van der Waals surface area contributed by atoms with Gasteiger partial charge in [0.25, 0.3) is 0 Å². The number of halogens is 1. The summed E-state index contributed by atoms with van der Waals surface area (Å²) in [5.41, 5.74) is 7.02. The van der Waals surface area contributed by atoms with Crippen molar-refractivity contribution in [3.05, 3.63) is 18.2 Å². The Morgan fingerprint density at radius 1 is 1.58 bits per heavy atom. The number of rotatable bonds is 3. The van der Waals surface area contributed by atoms with E-state index in [1.54, 1.807) is 6.07 Å². The standard InChI is InChI=1S/C12H15N3O2S.ClH/c1-2-8(13)12(17)14-7-3-4-10-9(5-7)15-11(16)6-18-10;/h3-5,8H,2,6,13H2,1H3,(H,14,17)(H,15,16);1H/t8-;/m0./s1. The van der Waals surface area contributed by atoms with Gasteiger partial charge in [-0.3, -0.25) is 9.59 Å². The minimum Gasteiger partial charge on any atom is -0.325 e. The lowest BCUT2D eigenvalue weighted by Crippen LogP contribution is -2.34. The van der Waals surface area contributed by atoms with Crippen molar-refractivity contribution in [2.45, 2.75) is 24.3 Å². The van der Waals surface area contributed by atoms with Gasteiger partial charge in [0, 0.05) is 10.6 Å². The minimum absolute atomic E-state index is 0. The van der Waals surface area contributed by atoms with E-state index < -0.39 is 6.04 Å². The molecule has 0 saturated carbocycles. The molecule has 1 heterocycles. The number of fused-ring (bicyclic) bond motifs is 1. The molecule has 1 aromatic carbocycles. The molecule has 0 fully saturated rings. The van der Waals surface area contributed by atoms with Gasteiger partial charge in [0.1, 0.15) is 0 Å². The molecule has 4 N–H and O–H groups in total. The van der Waals surface area contributed by atoms with Crippen LogP contribution in [0.1, 0.15) is 13.3 Å². The van der Waals surface area contributed by atoms with Crippen LogP contribution in [0.3, 0.4) is 0 Å². The lowest BCUT2D eigenvalue weighted by atomic mass is 10.2. The summed E-state index contributed by atoms with van der Waals surface area (Å²) in [5.74, 6) is 0.188. The zero-order valence-electron chi connectivity index (χ0n) is 10.4. The maximum atomic E-state index is 11.6. The Kier molecular flexibility index (Phi) is 5.65. The van der Waals surface area contributed by atoms with Gasteiger partial charge >= 0.3 is 0 Å². The summed E-state index contributed by atoms with van der Waals surface area (Å²) in [5, 5.41) is 5.51. The van der Waals surface area contributed by atoms with Crippen molar-refractivity contribution in [3.63, 3.8) is 0 Å². The van der Waals surface area contributed by atoms with Crippen molar-refractivity contribution in [1.29, 1.82) is 0 Å². The molecule has 19 heavy (non-hydrogen) atoms. The molecule has 104 valence electrons. The summed E-state index contributed by atoms with van der Waals surface area (Å²) in [6.07, 6.45) is 0.587. The first-order valence-corrected chi connectivity index (χ1v) is 6.72. The third-order valence-corrected chi connectivity index (χ3v) is 3.73. The van der Waals surface area contributed by atoms with Gasteiger partial charge in [-0.15, -0.1) is 24.2 Å². The SMILES string of the molecule is CC[C@H](N)C(=O)Nc1ccc2c(c1)NC(=O)CS2.Cl. The molecule has 0 aromatic heterocycles. The topological polar surface area (TPSA) is 84.2 Å². The van der Waals surface area contributed by atoms with Crippen molar-refractivity contribution in [3.8, 4) is 0 Å². The molecule has 0 bridgehead atoms. The summed E-state index contributed by atoms with van der Waals surface area (Å²) in [7, 11) is 0. The number of hydrogen-bond donors (Lipinski definition) is 3. The Morgan fingerprint density at radius 2 is 2.32 bits per heavy atom. The molecule has 0 saturated heterocycles. The average molecular weight is 302 g/mol. The van der Waals surface area contributed by atoms with Gasteiger partial charge in [0.15, 0.2) is 0 Å². The predicted molar refractivity (Wildman–Crippen MR) is 79.9 cm³/mol. The van der Waals surface area contributed by atoms with Crippen molar-refractivity contribution in [2.24, 2.45) is 5.73 Å². The van der Waals surface area contributed by atoms with E-state index in [0.29, 0.717) is 17.9 Å². The molecule has 1 atom stereocenters. The molecule has 2 amide bonds. The van der Waals surface area contributed by atoms with Gasteiger partial charge < -0.3 is 16.4 Å². The summed E-state index contributed by atoms with van der Waals surface area (Å²) in [4.78, 5) is 23.9. The van der Waals surface area contributed by atoms with E-state index in [0.717, 1.165) is 10.6 Å². The molecular weight excluding hydrogens is 286 g/mol. The Hall–Kier alpha value is -1.24. The number of carbonyl (C=O) groups excluding carboxylic acids is 2. The van der Waals surface area contributed by atoms with E-state index in [1.165, 1.54) is 11.8 Å². The molecule has 0 unspecified atom stereocenters. The van der Waals surface area contributed by atoms with E-state index in [2.05, 4.69) is 10.6 Å². The first-order chi connectivity index (χ1) is 8.60. The van der Waals surface area contributed by atoms with Crippen molar-refractivity contribution >= 4 is 47.4 Å². The number of hydrogen-bond acceptors (Lipinski definition) is 4. The van der Waals surface area contributed by atoms with Crippen molar-refractivity contribution in [2.75, 3.05) is 16.4 Å². The lowest BCUT2D eigenvalue weighted by molar-refractivity contribution is -0.117. The molecule has 2 rings (SSSR count). The zero-order chi connectivity index (χ0) is 13.1. The molecule has 1 aromatic rings. The fraction of sp³-hybridized carbons (Fsp3) is 0.333. The molecule has 1 aliphatic heterocycles.